The predicted molar refractivity (Wildman–Crippen MR) is 84.5 cm³/mol. The molecule has 106 valence electrons. The Morgan fingerprint density at radius 2 is 1.89 bits per heavy atom. The molecule has 0 aliphatic heterocycles. The molecule has 1 rings (SSSR count). The highest BCUT2D eigenvalue weighted by molar-refractivity contribution is 9.11. The van der Waals surface area contributed by atoms with E-state index >= 15 is 0 Å². The van der Waals surface area contributed by atoms with Gasteiger partial charge in [-0.2, -0.15) is 0 Å². The summed E-state index contributed by atoms with van der Waals surface area (Å²) in [6.07, 6.45) is 1.17. The van der Waals surface area contributed by atoms with Gasteiger partial charge in [-0.25, -0.2) is 0 Å². The van der Waals surface area contributed by atoms with Gasteiger partial charge in [0.2, 0.25) is 5.91 Å². The first-order chi connectivity index (χ1) is 8.87. The minimum absolute atomic E-state index is 0.192. The van der Waals surface area contributed by atoms with Crippen LogP contribution in [0.4, 0.5) is 5.69 Å². The number of nitrogens with one attached hydrogen (secondary N) is 1. The highest BCUT2D eigenvalue weighted by atomic mass is 79.9. The zero-order valence-electron chi connectivity index (χ0n) is 11.2. The van der Waals surface area contributed by atoms with Crippen LogP contribution in [0.2, 0.25) is 0 Å². The number of benzene rings is 1. The minimum atomic E-state index is -0.847. The third-order valence-electron chi connectivity index (χ3n) is 3.20. The molecule has 0 saturated heterocycles. The Bertz CT molecular complexity index is 474. The van der Waals surface area contributed by atoms with Gasteiger partial charge in [-0.1, -0.05) is 13.8 Å². The van der Waals surface area contributed by atoms with Crippen molar-refractivity contribution in [3.8, 4) is 5.75 Å². The number of carbonyl (C=O) groups excluding carboxylic acids is 1. The van der Waals surface area contributed by atoms with E-state index < -0.39 is 5.54 Å². The molecular weight excluding hydrogens is 376 g/mol. The molecular formula is C13H18Br2N2O2. The molecule has 0 aliphatic rings. The quantitative estimate of drug-likeness (QED) is 0.801. The second kappa shape index (κ2) is 6.72. The summed E-state index contributed by atoms with van der Waals surface area (Å²) in [5, 5.41) is 2.84. The molecule has 3 N–H and O–H groups in total. The van der Waals surface area contributed by atoms with Crippen molar-refractivity contribution in [1.82, 2.24) is 0 Å². The lowest BCUT2D eigenvalue weighted by atomic mass is 9.93. The fourth-order valence-electron chi connectivity index (χ4n) is 1.60. The summed E-state index contributed by atoms with van der Waals surface area (Å²) in [6, 6.07) is 3.57. The van der Waals surface area contributed by atoms with E-state index in [4.69, 9.17) is 10.5 Å². The van der Waals surface area contributed by atoms with E-state index in [2.05, 4.69) is 37.2 Å². The van der Waals surface area contributed by atoms with E-state index in [1.165, 1.54) is 0 Å². The van der Waals surface area contributed by atoms with Crippen LogP contribution >= 0.6 is 31.9 Å². The van der Waals surface area contributed by atoms with Crippen LogP contribution < -0.4 is 15.8 Å². The topological polar surface area (TPSA) is 64.4 Å². The molecule has 0 saturated carbocycles. The second-order valence-electron chi connectivity index (χ2n) is 4.28. The fourth-order valence-corrected chi connectivity index (χ4v) is 2.85. The molecule has 0 fully saturated rings. The molecule has 0 aliphatic carbocycles. The number of ether oxygens (including phenoxy) is 1. The van der Waals surface area contributed by atoms with E-state index in [9.17, 15) is 4.79 Å². The Balaban J connectivity index is 3.03. The van der Waals surface area contributed by atoms with Crippen molar-refractivity contribution in [2.75, 3.05) is 12.4 Å². The van der Waals surface area contributed by atoms with Crippen LogP contribution in [0.15, 0.2) is 21.1 Å². The number of anilines is 1. The Hall–Kier alpha value is -0.590. The highest BCUT2D eigenvalue weighted by Gasteiger charge is 2.30. The van der Waals surface area contributed by atoms with Gasteiger partial charge in [0, 0.05) is 10.5 Å². The maximum atomic E-state index is 12.2. The zero-order valence-corrected chi connectivity index (χ0v) is 14.4. The summed E-state index contributed by atoms with van der Waals surface area (Å²) < 4.78 is 6.79. The SMILES string of the molecule is CCC(N)(CC)C(=O)Nc1cc(OC)c(Br)cc1Br. The standard InChI is InChI=1S/C13H18Br2N2O2/c1-4-13(16,5-2)12(18)17-10-7-11(19-3)9(15)6-8(10)14/h6-7H,4-5,16H2,1-3H3,(H,17,18). The van der Waals surface area contributed by atoms with Crippen molar-refractivity contribution in [2.24, 2.45) is 5.73 Å². The third-order valence-corrected chi connectivity index (χ3v) is 4.48. The number of halogens is 2. The molecule has 0 heterocycles. The Labute approximate surface area is 130 Å². The minimum Gasteiger partial charge on any atom is -0.495 e. The van der Waals surface area contributed by atoms with Crippen LogP contribution in [0.3, 0.4) is 0 Å². The normalized spacial score (nSPS) is 11.3. The van der Waals surface area contributed by atoms with Crippen molar-refractivity contribution < 1.29 is 9.53 Å². The van der Waals surface area contributed by atoms with Crippen LogP contribution in [-0.4, -0.2) is 18.6 Å². The lowest BCUT2D eigenvalue weighted by molar-refractivity contribution is -0.121. The van der Waals surface area contributed by atoms with Gasteiger partial charge in [-0.15, -0.1) is 0 Å². The van der Waals surface area contributed by atoms with Gasteiger partial charge in [0.15, 0.2) is 0 Å². The van der Waals surface area contributed by atoms with Crippen LogP contribution in [0.5, 0.6) is 5.75 Å². The maximum Gasteiger partial charge on any atom is 0.244 e. The van der Waals surface area contributed by atoms with Crippen LogP contribution in [-0.2, 0) is 4.79 Å². The summed E-state index contributed by atoms with van der Waals surface area (Å²) >= 11 is 6.79. The Morgan fingerprint density at radius 3 is 2.37 bits per heavy atom. The highest BCUT2D eigenvalue weighted by Crippen LogP contribution is 2.35. The summed E-state index contributed by atoms with van der Waals surface area (Å²) in [7, 11) is 1.57. The van der Waals surface area contributed by atoms with Gasteiger partial charge in [0.05, 0.1) is 22.8 Å². The zero-order chi connectivity index (χ0) is 14.6. The summed E-state index contributed by atoms with van der Waals surface area (Å²) in [5.41, 5.74) is 5.86. The van der Waals surface area contributed by atoms with Crippen LogP contribution in [0, 0.1) is 0 Å². The maximum absolute atomic E-state index is 12.2. The van der Waals surface area contributed by atoms with Crippen LogP contribution in [0.1, 0.15) is 26.7 Å². The lowest BCUT2D eigenvalue weighted by Gasteiger charge is -2.25. The molecule has 0 radical (unpaired) electrons. The smallest absolute Gasteiger partial charge is 0.244 e. The second-order valence-corrected chi connectivity index (χ2v) is 5.99. The van der Waals surface area contributed by atoms with E-state index in [0.29, 0.717) is 24.3 Å². The van der Waals surface area contributed by atoms with Gasteiger partial charge in [-0.05, 0) is 50.8 Å². The first kappa shape index (κ1) is 16.5. The molecule has 0 bridgehead atoms. The van der Waals surface area contributed by atoms with Gasteiger partial charge >= 0.3 is 0 Å². The van der Waals surface area contributed by atoms with E-state index in [1.54, 1.807) is 13.2 Å². The fraction of sp³-hybridized carbons (Fsp3) is 0.462. The van der Waals surface area contributed by atoms with Crippen molar-refractivity contribution in [2.45, 2.75) is 32.2 Å². The molecule has 1 amide bonds. The number of hydrogen-bond donors (Lipinski definition) is 2. The van der Waals surface area contributed by atoms with E-state index in [-0.39, 0.29) is 5.91 Å². The average molecular weight is 394 g/mol. The Kier molecular flexibility index (Phi) is 5.82. The molecule has 0 aromatic heterocycles. The van der Waals surface area contributed by atoms with Crippen molar-refractivity contribution >= 4 is 43.5 Å². The third kappa shape index (κ3) is 3.70. The number of hydrogen-bond acceptors (Lipinski definition) is 3. The van der Waals surface area contributed by atoms with Crippen molar-refractivity contribution in [1.29, 1.82) is 0 Å². The van der Waals surface area contributed by atoms with E-state index in [0.717, 1.165) is 8.95 Å². The first-order valence-corrected chi connectivity index (χ1v) is 7.60. The molecule has 0 atom stereocenters. The molecule has 6 heteroatoms. The molecule has 1 aromatic rings. The number of amides is 1. The Morgan fingerprint density at radius 1 is 1.32 bits per heavy atom. The van der Waals surface area contributed by atoms with Crippen molar-refractivity contribution in [3.63, 3.8) is 0 Å². The summed E-state index contributed by atoms with van der Waals surface area (Å²) in [6.45, 7) is 3.81. The van der Waals surface area contributed by atoms with Gasteiger partial charge in [-0.3, -0.25) is 4.79 Å². The number of carbonyl (C=O) groups is 1. The van der Waals surface area contributed by atoms with Gasteiger partial charge in [0.25, 0.3) is 0 Å². The van der Waals surface area contributed by atoms with Gasteiger partial charge < -0.3 is 15.8 Å². The first-order valence-electron chi connectivity index (χ1n) is 6.01. The number of nitrogens with two attached hydrogens (primary N) is 1. The predicted octanol–water partition coefficient (Wildman–Crippen LogP) is 3.68. The van der Waals surface area contributed by atoms with Crippen molar-refractivity contribution in [3.05, 3.63) is 21.1 Å². The van der Waals surface area contributed by atoms with Crippen LogP contribution in [0.25, 0.3) is 0 Å². The largest absolute Gasteiger partial charge is 0.495 e. The average Bonchev–Trinajstić information content (AvgIpc) is 2.40. The molecule has 0 unspecified atom stereocenters. The molecule has 0 spiro atoms. The van der Waals surface area contributed by atoms with Gasteiger partial charge in [0.1, 0.15) is 5.75 Å². The summed E-state index contributed by atoms with van der Waals surface area (Å²) in [5.74, 6) is 0.455. The molecule has 1 aromatic carbocycles. The number of methoxy groups -OCH3 is 1. The summed E-state index contributed by atoms with van der Waals surface area (Å²) in [4.78, 5) is 12.2. The molecule has 19 heavy (non-hydrogen) atoms. The van der Waals surface area contributed by atoms with E-state index in [1.807, 2.05) is 19.9 Å². The molecule has 4 nitrogen and oxygen atoms in total. The monoisotopic (exact) mass is 392 g/mol. The lowest BCUT2D eigenvalue weighted by Crippen LogP contribution is -2.50. The number of rotatable bonds is 5.